The lowest BCUT2D eigenvalue weighted by Crippen LogP contribution is -2.44. The van der Waals surface area contributed by atoms with Gasteiger partial charge in [0.15, 0.2) is 0 Å². The van der Waals surface area contributed by atoms with E-state index in [4.69, 9.17) is 4.74 Å². The number of carboxylic acid groups (broad SMARTS) is 1. The van der Waals surface area contributed by atoms with Crippen LogP contribution in [0, 0.1) is 11.3 Å². The molecule has 2 unspecified atom stereocenters. The van der Waals surface area contributed by atoms with E-state index in [2.05, 4.69) is 0 Å². The molecule has 2 rings (SSSR count). The van der Waals surface area contributed by atoms with Gasteiger partial charge < -0.3 is 14.7 Å². The molecule has 0 aromatic rings. The Hall–Kier alpha value is -1.10. The van der Waals surface area contributed by atoms with E-state index in [0.717, 1.165) is 12.8 Å². The fourth-order valence-corrected chi connectivity index (χ4v) is 3.70. The van der Waals surface area contributed by atoms with Crippen LogP contribution < -0.4 is 0 Å². The van der Waals surface area contributed by atoms with Gasteiger partial charge >= 0.3 is 5.97 Å². The number of likely N-dealkylation sites (tertiary alicyclic amines) is 1. The molecule has 5 nitrogen and oxygen atoms in total. The predicted octanol–water partition coefficient (Wildman–Crippen LogP) is 2.68. The predicted molar refractivity (Wildman–Crippen MR) is 83.5 cm³/mol. The van der Waals surface area contributed by atoms with E-state index in [9.17, 15) is 14.7 Å². The van der Waals surface area contributed by atoms with E-state index >= 15 is 0 Å². The summed E-state index contributed by atoms with van der Waals surface area (Å²) in [4.78, 5) is 26.1. The largest absolute Gasteiger partial charge is 0.481 e. The van der Waals surface area contributed by atoms with E-state index in [1.807, 2.05) is 20.8 Å². The van der Waals surface area contributed by atoms with Gasteiger partial charge in [-0.05, 0) is 31.6 Å². The van der Waals surface area contributed by atoms with Crippen molar-refractivity contribution in [3.05, 3.63) is 0 Å². The average molecular weight is 311 g/mol. The Labute approximate surface area is 133 Å². The van der Waals surface area contributed by atoms with Crippen molar-refractivity contribution < 1.29 is 19.4 Å². The Morgan fingerprint density at radius 1 is 1.32 bits per heavy atom. The van der Waals surface area contributed by atoms with Crippen molar-refractivity contribution in [2.75, 3.05) is 13.1 Å². The van der Waals surface area contributed by atoms with Gasteiger partial charge in [0.05, 0.1) is 11.5 Å². The molecule has 0 bridgehead atoms. The van der Waals surface area contributed by atoms with E-state index in [1.54, 1.807) is 4.90 Å². The molecule has 22 heavy (non-hydrogen) atoms. The fraction of sp³-hybridized carbons (Fsp3) is 0.882. The minimum Gasteiger partial charge on any atom is -0.481 e. The first-order valence-corrected chi connectivity index (χ1v) is 8.58. The van der Waals surface area contributed by atoms with Crippen LogP contribution in [0.15, 0.2) is 0 Å². The van der Waals surface area contributed by atoms with E-state index in [-0.39, 0.29) is 17.9 Å². The zero-order valence-electron chi connectivity index (χ0n) is 14.0. The average Bonchev–Trinajstić information content (AvgIpc) is 3.13. The van der Waals surface area contributed by atoms with Crippen molar-refractivity contribution in [2.24, 2.45) is 11.3 Å². The van der Waals surface area contributed by atoms with Crippen molar-refractivity contribution in [3.63, 3.8) is 0 Å². The molecule has 126 valence electrons. The molecule has 1 saturated carbocycles. The molecule has 1 amide bonds. The number of amides is 1. The summed E-state index contributed by atoms with van der Waals surface area (Å²) in [6, 6.07) is 0. The standard InChI is InChI=1S/C17H29NO4/c1-4-14(22-13-7-5-6-8-13)15(19)18-10-9-17(11-18,12(2)3)16(20)21/h12-14H,4-11H2,1-3H3,(H,20,21). The van der Waals surface area contributed by atoms with E-state index in [0.29, 0.717) is 25.9 Å². The van der Waals surface area contributed by atoms with Crippen molar-refractivity contribution in [2.45, 2.75) is 71.5 Å². The quantitative estimate of drug-likeness (QED) is 0.819. The van der Waals surface area contributed by atoms with Crippen molar-refractivity contribution >= 4 is 11.9 Å². The van der Waals surface area contributed by atoms with Crippen molar-refractivity contribution in [3.8, 4) is 0 Å². The summed E-state index contributed by atoms with van der Waals surface area (Å²) >= 11 is 0. The molecular weight excluding hydrogens is 282 g/mol. The third-order valence-corrected chi connectivity index (χ3v) is 5.45. The van der Waals surface area contributed by atoms with Gasteiger partial charge in [-0.1, -0.05) is 33.6 Å². The minimum atomic E-state index is -0.804. The highest BCUT2D eigenvalue weighted by atomic mass is 16.5. The van der Waals surface area contributed by atoms with Gasteiger partial charge in [-0.2, -0.15) is 0 Å². The topological polar surface area (TPSA) is 66.8 Å². The van der Waals surface area contributed by atoms with Crippen LogP contribution in [0.2, 0.25) is 0 Å². The second-order valence-corrected chi connectivity index (χ2v) is 7.07. The zero-order valence-corrected chi connectivity index (χ0v) is 14.0. The summed E-state index contributed by atoms with van der Waals surface area (Å²) in [6.07, 6.45) is 5.39. The molecule has 5 heteroatoms. The highest BCUT2D eigenvalue weighted by Gasteiger charge is 2.49. The second kappa shape index (κ2) is 6.99. The minimum absolute atomic E-state index is 0.0126. The molecule has 0 aromatic heterocycles. The zero-order chi connectivity index (χ0) is 16.3. The van der Waals surface area contributed by atoms with Gasteiger partial charge in [0.1, 0.15) is 6.10 Å². The molecule has 1 saturated heterocycles. The van der Waals surface area contributed by atoms with E-state index < -0.39 is 17.5 Å². The van der Waals surface area contributed by atoms with Gasteiger partial charge in [-0.15, -0.1) is 0 Å². The van der Waals surface area contributed by atoms with Gasteiger partial charge in [0.2, 0.25) is 0 Å². The van der Waals surface area contributed by atoms with Crippen LogP contribution in [-0.2, 0) is 14.3 Å². The maximum Gasteiger partial charge on any atom is 0.311 e. The molecule has 1 aliphatic carbocycles. The maximum absolute atomic E-state index is 12.7. The van der Waals surface area contributed by atoms with Crippen LogP contribution >= 0.6 is 0 Å². The molecule has 0 aromatic carbocycles. The molecule has 1 heterocycles. The Bertz CT molecular complexity index is 417. The smallest absolute Gasteiger partial charge is 0.311 e. The molecule has 1 aliphatic heterocycles. The first kappa shape index (κ1) is 17.3. The number of carboxylic acids is 1. The molecule has 2 aliphatic rings. The summed E-state index contributed by atoms with van der Waals surface area (Å²) in [6.45, 7) is 6.64. The molecule has 0 radical (unpaired) electrons. The van der Waals surface area contributed by atoms with Gasteiger partial charge in [0, 0.05) is 13.1 Å². The van der Waals surface area contributed by atoms with Gasteiger partial charge in [0.25, 0.3) is 5.91 Å². The lowest BCUT2D eigenvalue weighted by molar-refractivity contribution is -0.153. The van der Waals surface area contributed by atoms with Crippen LogP contribution in [0.25, 0.3) is 0 Å². The Morgan fingerprint density at radius 3 is 2.41 bits per heavy atom. The first-order chi connectivity index (χ1) is 10.4. The van der Waals surface area contributed by atoms with Crippen LogP contribution in [-0.4, -0.2) is 47.2 Å². The lowest BCUT2D eigenvalue weighted by atomic mass is 9.76. The van der Waals surface area contributed by atoms with Crippen molar-refractivity contribution in [1.82, 2.24) is 4.90 Å². The number of aliphatic carboxylic acids is 1. The number of ether oxygens (including phenoxy) is 1. The van der Waals surface area contributed by atoms with Gasteiger partial charge in [-0.25, -0.2) is 0 Å². The molecular formula is C17H29NO4. The Morgan fingerprint density at radius 2 is 1.95 bits per heavy atom. The van der Waals surface area contributed by atoms with Crippen LogP contribution in [0.4, 0.5) is 0 Å². The lowest BCUT2D eigenvalue weighted by Gasteiger charge is -2.30. The number of nitrogens with zero attached hydrogens (tertiary/aromatic N) is 1. The second-order valence-electron chi connectivity index (χ2n) is 7.07. The molecule has 1 N–H and O–H groups in total. The SMILES string of the molecule is CCC(OC1CCCC1)C(=O)N1CCC(C(=O)O)(C(C)C)C1. The first-order valence-electron chi connectivity index (χ1n) is 8.58. The summed E-state index contributed by atoms with van der Waals surface area (Å²) in [5, 5.41) is 9.59. The Kier molecular flexibility index (Phi) is 5.48. The van der Waals surface area contributed by atoms with E-state index in [1.165, 1.54) is 12.8 Å². The summed E-state index contributed by atoms with van der Waals surface area (Å²) < 4.78 is 5.99. The van der Waals surface area contributed by atoms with Crippen LogP contribution in [0.1, 0.15) is 59.3 Å². The third-order valence-electron chi connectivity index (χ3n) is 5.45. The number of hydrogen-bond donors (Lipinski definition) is 1. The maximum atomic E-state index is 12.7. The van der Waals surface area contributed by atoms with Crippen LogP contribution in [0.5, 0.6) is 0 Å². The Balaban J connectivity index is 2.01. The molecule has 2 fully saturated rings. The summed E-state index contributed by atoms with van der Waals surface area (Å²) in [5.41, 5.74) is -0.804. The highest BCUT2D eigenvalue weighted by Crippen LogP contribution is 2.38. The summed E-state index contributed by atoms with van der Waals surface area (Å²) in [5.74, 6) is -0.806. The van der Waals surface area contributed by atoms with Crippen molar-refractivity contribution in [1.29, 1.82) is 0 Å². The fourth-order valence-electron chi connectivity index (χ4n) is 3.70. The summed E-state index contributed by atoms with van der Waals surface area (Å²) in [7, 11) is 0. The number of carbonyl (C=O) groups excluding carboxylic acids is 1. The van der Waals surface area contributed by atoms with Gasteiger partial charge in [-0.3, -0.25) is 9.59 Å². The third kappa shape index (κ3) is 3.29. The number of carbonyl (C=O) groups is 2. The molecule has 2 atom stereocenters. The normalized spacial score (nSPS) is 27.5. The number of hydrogen-bond acceptors (Lipinski definition) is 3. The number of rotatable bonds is 6. The van der Waals surface area contributed by atoms with Crippen LogP contribution in [0.3, 0.4) is 0 Å². The molecule has 0 spiro atoms. The monoisotopic (exact) mass is 311 g/mol. The highest BCUT2D eigenvalue weighted by molar-refractivity contribution is 5.83.